The standard InChI is InChI=1S/C24H26N4O4/c1-15-18(16-6-7-19-21(30)8-11-32-22(19)12-16)4-3-5-20(15)27-24-26-17(14-25-9-10-29)13-23(28-24)31-2/h3-7,12-13,25,29H,8-11,14H2,1-2H3,(H,26,27,28). The lowest BCUT2D eigenvalue weighted by atomic mass is 9.95. The van der Waals surface area contributed by atoms with Crippen LogP contribution in [0.1, 0.15) is 28.0 Å². The molecule has 0 amide bonds. The number of Topliss-reactive ketones (excluding diaryl/α,β-unsaturated/α-hetero) is 1. The maximum atomic E-state index is 12.1. The van der Waals surface area contributed by atoms with Gasteiger partial charge in [-0.1, -0.05) is 18.2 Å². The first-order valence-electron chi connectivity index (χ1n) is 10.5. The summed E-state index contributed by atoms with van der Waals surface area (Å²) in [6.07, 6.45) is 0.419. The van der Waals surface area contributed by atoms with E-state index in [9.17, 15) is 4.79 Å². The molecule has 1 aliphatic rings. The summed E-state index contributed by atoms with van der Waals surface area (Å²) in [7, 11) is 1.56. The zero-order valence-electron chi connectivity index (χ0n) is 18.1. The lowest BCUT2D eigenvalue weighted by Gasteiger charge is -2.18. The first-order valence-corrected chi connectivity index (χ1v) is 10.5. The molecule has 2 heterocycles. The predicted octanol–water partition coefficient (Wildman–Crippen LogP) is 3.25. The first kappa shape index (κ1) is 21.7. The van der Waals surface area contributed by atoms with E-state index in [0.717, 1.165) is 28.1 Å². The summed E-state index contributed by atoms with van der Waals surface area (Å²) in [4.78, 5) is 21.0. The number of ketones is 1. The average molecular weight is 434 g/mol. The Balaban J connectivity index is 1.62. The molecule has 4 rings (SSSR count). The van der Waals surface area contributed by atoms with Crippen molar-refractivity contribution in [3.8, 4) is 22.8 Å². The van der Waals surface area contributed by atoms with E-state index in [0.29, 0.717) is 49.3 Å². The van der Waals surface area contributed by atoms with Crippen molar-refractivity contribution in [1.29, 1.82) is 0 Å². The number of fused-ring (bicyclic) bond motifs is 1. The summed E-state index contributed by atoms with van der Waals surface area (Å²) >= 11 is 0. The van der Waals surface area contributed by atoms with Crippen molar-refractivity contribution in [2.45, 2.75) is 19.9 Å². The van der Waals surface area contributed by atoms with Crippen LogP contribution in [0.5, 0.6) is 11.6 Å². The van der Waals surface area contributed by atoms with E-state index in [-0.39, 0.29) is 12.4 Å². The maximum Gasteiger partial charge on any atom is 0.230 e. The molecule has 0 spiro atoms. The van der Waals surface area contributed by atoms with E-state index in [1.54, 1.807) is 13.2 Å². The molecule has 3 N–H and O–H groups in total. The average Bonchev–Trinajstić information content (AvgIpc) is 2.80. The molecule has 0 aliphatic carbocycles. The smallest absolute Gasteiger partial charge is 0.230 e. The normalized spacial score (nSPS) is 12.8. The minimum Gasteiger partial charge on any atom is -0.492 e. The highest BCUT2D eigenvalue weighted by molar-refractivity contribution is 6.00. The monoisotopic (exact) mass is 434 g/mol. The van der Waals surface area contributed by atoms with E-state index in [4.69, 9.17) is 14.6 Å². The quantitative estimate of drug-likeness (QED) is 0.464. The summed E-state index contributed by atoms with van der Waals surface area (Å²) < 4.78 is 11.0. The van der Waals surface area contributed by atoms with Gasteiger partial charge in [0.1, 0.15) is 5.75 Å². The molecule has 8 nitrogen and oxygen atoms in total. The number of rotatable bonds is 8. The Labute approximate surface area is 186 Å². The fourth-order valence-electron chi connectivity index (χ4n) is 3.65. The zero-order chi connectivity index (χ0) is 22.5. The number of aromatic nitrogens is 2. The van der Waals surface area contributed by atoms with Gasteiger partial charge < -0.3 is 25.2 Å². The Bertz CT molecular complexity index is 1130. The second-order valence-electron chi connectivity index (χ2n) is 7.46. The number of carbonyl (C=O) groups is 1. The topological polar surface area (TPSA) is 106 Å². The molecule has 0 saturated carbocycles. The van der Waals surface area contributed by atoms with Crippen molar-refractivity contribution in [2.24, 2.45) is 0 Å². The number of ether oxygens (including phenoxy) is 2. The Hall–Kier alpha value is -3.49. The van der Waals surface area contributed by atoms with Crippen LogP contribution in [0, 0.1) is 6.92 Å². The first-order chi connectivity index (χ1) is 15.6. The Morgan fingerprint density at radius 2 is 2.03 bits per heavy atom. The number of nitrogens with one attached hydrogen (secondary N) is 2. The molecule has 0 unspecified atom stereocenters. The summed E-state index contributed by atoms with van der Waals surface area (Å²) in [6, 6.07) is 13.4. The lowest BCUT2D eigenvalue weighted by Crippen LogP contribution is -2.18. The number of methoxy groups -OCH3 is 1. The molecule has 0 saturated heterocycles. The number of nitrogens with zero attached hydrogens (tertiary/aromatic N) is 2. The van der Waals surface area contributed by atoms with Crippen molar-refractivity contribution in [1.82, 2.24) is 15.3 Å². The lowest BCUT2D eigenvalue weighted by molar-refractivity contribution is 0.0933. The molecule has 0 radical (unpaired) electrons. The third-order valence-electron chi connectivity index (χ3n) is 5.32. The van der Waals surface area contributed by atoms with Crippen molar-refractivity contribution >= 4 is 17.4 Å². The van der Waals surface area contributed by atoms with Gasteiger partial charge in [0.25, 0.3) is 0 Å². The number of hydrogen-bond acceptors (Lipinski definition) is 8. The highest BCUT2D eigenvalue weighted by Crippen LogP contribution is 2.34. The third kappa shape index (κ3) is 4.71. The van der Waals surface area contributed by atoms with E-state index >= 15 is 0 Å². The summed E-state index contributed by atoms with van der Waals surface area (Å²) in [5.41, 5.74) is 5.25. The number of carbonyl (C=O) groups excluding carboxylic acids is 1. The van der Waals surface area contributed by atoms with Crippen LogP contribution in [-0.4, -0.2) is 47.7 Å². The van der Waals surface area contributed by atoms with Crippen LogP contribution in [0.15, 0.2) is 42.5 Å². The fourth-order valence-corrected chi connectivity index (χ4v) is 3.65. The number of benzene rings is 2. The molecular formula is C24H26N4O4. The number of hydrogen-bond donors (Lipinski definition) is 3. The van der Waals surface area contributed by atoms with Gasteiger partial charge in [0.05, 0.1) is 31.6 Å². The second-order valence-corrected chi connectivity index (χ2v) is 7.46. The highest BCUT2D eigenvalue weighted by Gasteiger charge is 2.19. The van der Waals surface area contributed by atoms with Gasteiger partial charge in [0.2, 0.25) is 11.8 Å². The highest BCUT2D eigenvalue weighted by atomic mass is 16.5. The van der Waals surface area contributed by atoms with Crippen LogP contribution in [0.25, 0.3) is 11.1 Å². The van der Waals surface area contributed by atoms with Crippen molar-refractivity contribution < 1.29 is 19.4 Å². The molecule has 1 aromatic heterocycles. The van der Waals surface area contributed by atoms with Crippen LogP contribution in [0.3, 0.4) is 0 Å². The molecule has 0 bridgehead atoms. The molecule has 8 heteroatoms. The molecule has 0 fully saturated rings. The molecule has 2 aromatic carbocycles. The zero-order valence-corrected chi connectivity index (χ0v) is 18.1. The maximum absolute atomic E-state index is 12.1. The van der Waals surface area contributed by atoms with Gasteiger partial charge in [-0.2, -0.15) is 4.98 Å². The van der Waals surface area contributed by atoms with Gasteiger partial charge in [-0.05, 0) is 41.8 Å². The van der Waals surface area contributed by atoms with Crippen LogP contribution >= 0.6 is 0 Å². The van der Waals surface area contributed by atoms with Gasteiger partial charge >= 0.3 is 0 Å². The predicted molar refractivity (Wildman–Crippen MR) is 122 cm³/mol. The molecule has 3 aromatic rings. The van der Waals surface area contributed by atoms with E-state index in [1.807, 2.05) is 43.3 Å². The van der Waals surface area contributed by atoms with Crippen LogP contribution in [-0.2, 0) is 6.54 Å². The van der Waals surface area contributed by atoms with Crippen LogP contribution < -0.4 is 20.1 Å². The number of aliphatic hydroxyl groups is 1. The molecule has 0 atom stereocenters. The van der Waals surface area contributed by atoms with Gasteiger partial charge in [-0.15, -0.1) is 0 Å². The minimum atomic E-state index is 0.0568. The van der Waals surface area contributed by atoms with Gasteiger partial charge in [0, 0.05) is 31.3 Å². The third-order valence-corrected chi connectivity index (χ3v) is 5.32. The molecule has 166 valence electrons. The molecule has 32 heavy (non-hydrogen) atoms. The minimum absolute atomic E-state index is 0.0568. The van der Waals surface area contributed by atoms with E-state index < -0.39 is 0 Å². The van der Waals surface area contributed by atoms with Gasteiger partial charge in [0.15, 0.2) is 5.78 Å². The summed E-state index contributed by atoms with van der Waals surface area (Å²) in [5, 5.41) is 15.4. The largest absolute Gasteiger partial charge is 0.492 e. The van der Waals surface area contributed by atoms with Gasteiger partial charge in [-0.3, -0.25) is 4.79 Å². The van der Waals surface area contributed by atoms with Crippen LogP contribution in [0.4, 0.5) is 11.6 Å². The van der Waals surface area contributed by atoms with Crippen molar-refractivity contribution in [2.75, 3.05) is 32.2 Å². The Kier molecular flexibility index (Phi) is 6.63. The van der Waals surface area contributed by atoms with E-state index in [1.165, 1.54) is 0 Å². The number of anilines is 2. The fraction of sp³-hybridized carbons (Fsp3) is 0.292. The molecular weight excluding hydrogens is 408 g/mol. The Morgan fingerprint density at radius 3 is 2.84 bits per heavy atom. The van der Waals surface area contributed by atoms with Crippen LogP contribution in [0.2, 0.25) is 0 Å². The van der Waals surface area contributed by atoms with Crippen molar-refractivity contribution in [3.63, 3.8) is 0 Å². The summed E-state index contributed by atoms with van der Waals surface area (Å²) in [6.45, 7) is 3.46. The second kappa shape index (κ2) is 9.76. The molecule has 1 aliphatic heterocycles. The SMILES string of the molecule is COc1cc(CNCCO)nc(Nc2cccc(-c3ccc4c(c3)OCCC4=O)c2C)n1. The summed E-state index contributed by atoms with van der Waals surface area (Å²) in [5.74, 6) is 1.62. The number of aliphatic hydroxyl groups excluding tert-OH is 1. The Morgan fingerprint density at radius 1 is 1.16 bits per heavy atom. The van der Waals surface area contributed by atoms with Crippen molar-refractivity contribution in [3.05, 3.63) is 59.3 Å². The van der Waals surface area contributed by atoms with Gasteiger partial charge in [-0.25, -0.2) is 4.98 Å². The van der Waals surface area contributed by atoms with E-state index in [2.05, 4.69) is 20.6 Å².